The number of carbonyl (C=O) groups excluding carboxylic acids is 1. The van der Waals surface area contributed by atoms with Crippen molar-refractivity contribution < 1.29 is 9.53 Å². The summed E-state index contributed by atoms with van der Waals surface area (Å²) in [6.45, 7) is 5.24. The van der Waals surface area contributed by atoms with Crippen molar-refractivity contribution in [3.8, 4) is 0 Å². The van der Waals surface area contributed by atoms with Crippen LogP contribution in [-0.4, -0.2) is 56.9 Å². The summed E-state index contributed by atoms with van der Waals surface area (Å²) >= 11 is 3.45. The van der Waals surface area contributed by atoms with Gasteiger partial charge in [0, 0.05) is 13.1 Å². The first-order valence-corrected chi connectivity index (χ1v) is 8.56. The zero-order valence-corrected chi connectivity index (χ0v) is 14.6. The van der Waals surface area contributed by atoms with Crippen molar-refractivity contribution in [2.24, 2.45) is 0 Å². The molecule has 8 heteroatoms. The van der Waals surface area contributed by atoms with Crippen molar-refractivity contribution in [1.82, 2.24) is 19.5 Å². The van der Waals surface area contributed by atoms with E-state index in [1.165, 1.54) is 0 Å². The summed E-state index contributed by atoms with van der Waals surface area (Å²) in [6.07, 6.45) is 2.43. The fourth-order valence-electron chi connectivity index (χ4n) is 3.43. The quantitative estimate of drug-likeness (QED) is 0.800. The number of imidazole rings is 1. The average molecular weight is 380 g/mol. The summed E-state index contributed by atoms with van der Waals surface area (Å²) in [5, 5.41) is 4.65. The fourth-order valence-corrected chi connectivity index (χ4v) is 3.79. The van der Waals surface area contributed by atoms with Crippen LogP contribution in [0.2, 0.25) is 0 Å². The van der Waals surface area contributed by atoms with Crippen LogP contribution in [0, 0.1) is 0 Å². The highest BCUT2D eigenvalue weighted by atomic mass is 79.9. The van der Waals surface area contributed by atoms with E-state index in [1.54, 1.807) is 10.7 Å². The van der Waals surface area contributed by atoms with Gasteiger partial charge in [-0.25, -0.2) is 14.3 Å². The van der Waals surface area contributed by atoms with Crippen molar-refractivity contribution in [2.45, 2.75) is 38.5 Å². The van der Waals surface area contributed by atoms with Crippen LogP contribution in [0.4, 0.5) is 10.6 Å². The lowest BCUT2D eigenvalue weighted by Crippen LogP contribution is -2.49. The Balaban J connectivity index is 1.53. The highest BCUT2D eigenvalue weighted by Crippen LogP contribution is 2.34. The molecule has 7 nitrogen and oxygen atoms in total. The number of fused-ring (bicyclic) bond motifs is 3. The molecule has 0 aliphatic carbocycles. The van der Waals surface area contributed by atoms with Gasteiger partial charge in [0.2, 0.25) is 0 Å². The number of hydrogen-bond donors (Lipinski definition) is 0. The number of aromatic nitrogens is 3. The van der Waals surface area contributed by atoms with Crippen LogP contribution >= 0.6 is 15.9 Å². The molecule has 23 heavy (non-hydrogen) atoms. The third-order valence-corrected chi connectivity index (χ3v) is 4.95. The Labute approximate surface area is 142 Å². The Hall–Kier alpha value is -1.83. The summed E-state index contributed by atoms with van der Waals surface area (Å²) in [5.74, 6) is 0.917. The summed E-state index contributed by atoms with van der Waals surface area (Å²) in [6, 6.07) is 4.46. The second-order valence-electron chi connectivity index (χ2n) is 6.32. The number of ether oxygens (including phenoxy) is 1. The maximum absolute atomic E-state index is 12.1. The normalized spacial score (nSPS) is 23.3. The summed E-state index contributed by atoms with van der Waals surface area (Å²) in [4.78, 5) is 20.5. The standard InChI is InChI=1S/C15H18BrN5O2/c1-9(2)23-15(22)20-8-10-5-11(20)7-19(10)14-4-3-13-17-6-12(16)21(13)18-14/h3-4,6,9-11H,5,7-8H2,1-2H3/t10-,11-/m1/s1. The van der Waals surface area contributed by atoms with Crippen LogP contribution in [0.15, 0.2) is 22.9 Å². The van der Waals surface area contributed by atoms with Crippen LogP contribution in [0.5, 0.6) is 0 Å². The van der Waals surface area contributed by atoms with Crippen molar-refractivity contribution in [3.05, 3.63) is 22.9 Å². The Morgan fingerprint density at radius 2 is 2.17 bits per heavy atom. The number of amides is 1. The number of carbonyl (C=O) groups is 1. The van der Waals surface area contributed by atoms with Gasteiger partial charge >= 0.3 is 6.09 Å². The molecule has 2 saturated heterocycles. The van der Waals surface area contributed by atoms with Gasteiger partial charge in [-0.1, -0.05) is 0 Å². The highest BCUT2D eigenvalue weighted by molar-refractivity contribution is 9.10. The van der Waals surface area contributed by atoms with Gasteiger partial charge in [0.25, 0.3) is 0 Å². The minimum Gasteiger partial charge on any atom is -0.447 e. The molecule has 0 unspecified atom stereocenters. The first-order valence-electron chi connectivity index (χ1n) is 7.77. The third-order valence-electron chi connectivity index (χ3n) is 4.41. The van der Waals surface area contributed by atoms with Crippen LogP contribution < -0.4 is 4.90 Å². The molecule has 2 aromatic rings. The highest BCUT2D eigenvalue weighted by Gasteiger charge is 2.46. The molecule has 2 atom stereocenters. The lowest BCUT2D eigenvalue weighted by atomic mass is 10.2. The molecule has 122 valence electrons. The van der Waals surface area contributed by atoms with E-state index in [0.29, 0.717) is 12.6 Å². The second-order valence-corrected chi connectivity index (χ2v) is 7.14. The monoisotopic (exact) mass is 379 g/mol. The van der Waals surface area contributed by atoms with E-state index >= 15 is 0 Å². The van der Waals surface area contributed by atoms with E-state index in [2.05, 4.69) is 30.9 Å². The van der Waals surface area contributed by atoms with Crippen LogP contribution in [-0.2, 0) is 4.74 Å². The maximum atomic E-state index is 12.1. The van der Waals surface area contributed by atoms with E-state index < -0.39 is 0 Å². The molecule has 2 aromatic heterocycles. The predicted octanol–water partition coefficient (Wildman–Crippen LogP) is 2.30. The van der Waals surface area contributed by atoms with E-state index in [4.69, 9.17) is 4.74 Å². The molecule has 4 rings (SSSR count). The van der Waals surface area contributed by atoms with E-state index in [-0.39, 0.29) is 18.2 Å². The van der Waals surface area contributed by atoms with E-state index in [1.807, 2.05) is 30.9 Å². The summed E-state index contributed by atoms with van der Waals surface area (Å²) in [5.41, 5.74) is 0.812. The van der Waals surface area contributed by atoms with Crippen LogP contribution in [0.3, 0.4) is 0 Å². The SMILES string of the molecule is CC(C)OC(=O)N1C[C@H]2C[C@@H]1CN2c1ccc2ncc(Br)n2n1. The molecule has 4 heterocycles. The molecule has 0 saturated carbocycles. The largest absolute Gasteiger partial charge is 0.447 e. The van der Waals surface area contributed by atoms with Gasteiger partial charge in [0.1, 0.15) is 10.4 Å². The molecule has 0 aromatic carbocycles. The molecule has 2 bridgehead atoms. The Bertz CT molecular complexity index is 761. The van der Waals surface area contributed by atoms with E-state index in [0.717, 1.165) is 29.0 Å². The maximum Gasteiger partial charge on any atom is 0.410 e. The number of likely N-dealkylation sites (tertiary alicyclic amines) is 1. The Morgan fingerprint density at radius 1 is 1.35 bits per heavy atom. The van der Waals surface area contributed by atoms with Crippen molar-refractivity contribution in [1.29, 1.82) is 0 Å². The molecule has 1 amide bonds. The molecular formula is C15H18BrN5O2. The molecule has 0 radical (unpaired) electrons. The van der Waals surface area contributed by atoms with Crippen molar-refractivity contribution in [2.75, 3.05) is 18.0 Å². The minimum absolute atomic E-state index is 0.0830. The van der Waals surface area contributed by atoms with Crippen LogP contribution in [0.25, 0.3) is 5.65 Å². The lowest BCUT2D eigenvalue weighted by molar-refractivity contribution is 0.0713. The minimum atomic E-state index is -0.201. The van der Waals surface area contributed by atoms with Crippen molar-refractivity contribution in [3.63, 3.8) is 0 Å². The number of halogens is 1. The molecule has 2 aliphatic rings. The second kappa shape index (κ2) is 5.36. The Kier molecular flexibility index (Phi) is 3.44. The molecular weight excluding hydrogens is 362 g/mol. The van der Waals surface area contributed by atoms with Gasteiger partial charge in [0.15, 0.2) is 5.65 Å². The topological polar surface area (TPSA) is 63.0 Å². The number of anilines is 1. The first kappa shape index (κ1) is 14.7. The zero-order valence-electron chi connectivity index (χ0n) is 13.0. The lowest BCUT2D eigenvalue weighted by Gasteiger charge is -2.34. The Morgan fingerprint density at radius 3 is 2.87 bits per heavy atom. The third kappa shape index (κ3) is 2.45. The van der Waals surface area contributed by atoms with Gasteiger partial charge < -0.3 is 14.5 Å². The first-order chi connectivity index (χ1) is 11.0. The number of hydrogen-bond acceptors (Lipinski definition) is 5. The number of nitrogens with zero attached hydrogens (tertiary/aromatic N) is 5. The van der Waals surface area contributed by atoms with Crippen molar-refractivity contribution >= 4 is 33.5 Å². The van der Waals surface area contributed by atoms with Gasteiger partial charge in [-0.3, -0.25) is 0 Å². The van der Waals surface area contributed by atoms with Gasteiger partial charge in [-0.05, 0) is 48.3 Å². The molecule has 0 spiro atoms. The predicted molar refractivity (Wildman–Crippen MR) is 88.5 cm³/mol. The molecule has 2 fully saturated rings. The summed E-state index contributed by atoms with van der Waals surface area (Å²) < 4.78 is 7.94. The van der Waals surface area contributed by atoms with Gasteiger partial charge in [0.05, 0.1) is 24.4 Å². The zero-order chi connectivity index (χ0) is 16.1. The number of rotatable bonds is 2. The summed E-state index contributed by atoms with van der Waals surface area (Å²) in [7, 11) is 0. The number of piperazine rings is 1. The fraction of sp³-hybridized carbons (Fsp3) is 0.533. The smallest absolute Gasteiger partial charge is 0.410 e. The van der Waals surface area contributed by atoms with E-state index in [9.17, 15) is 4.79 Å². The average Bonchev–Trinajstić information content (AvgIpc) is 3.20. The van der Waals surface area contributed by atoms with Crippen LogP contribution in [0.1, 0.15) is 20.3 Å². The molecule has 2 aliphatic heterocycles. The van der Waals surface area contributed by atoms with Gasteiger partial charge in [-0.2, -0.15) is 0 Å². The molecule has 0 N–H and O–H groups in total. The van der Waals surface area contributed by atoms with Gasteiger partial charge in [-0.15, -0.1) is 5.10 Å².